The summed E-state index contributed by atoms with van der Waals surface area (Å²) in [5.74, 6) is 0.649. The van der Waals surface area contributed by atoms with Gasteiger partial charge in [-0.15, -0.1) is 0 Å². The fourth-order valence-electron chi connectivity index (χ4n) is 2.04. The maximum Gasteiger partial charge on any atom is 0.306 e. The van der Waals surface area contributed by atoms with Gasteiger partial charge in [-0.2, -0.15) is 0 Å². The zero-order valence-electron chi connectivity index (χ0n) is 10.5. The molecule has 0 N–H and O–H groups in total. The van der Waals surface area contributed by atoms with Crippen molar-refractivity contribution in [2.24, 2.45) is 5.92 Å². The molecule has 1 aliphatic carbocycles. The van der Waals surface area contributed by atoms with Crippen LogP contribution in [0.5, 0.6) is 0 Å². The molecule has 3 nitrogen and oxygen atoms in total. The molecular formula is C13H20O3S. The molecule has 1 atom stereocenters. The van der Waals surface area contributed by atoms with Crippen LogP contribution in [0.15, 0.2) is 11.6 Å². The fourth-order valence-corrected chi connectivity index (χ4v) is 2.72. The Labute approximate surface area is 107 Å². The Morgan fingerprint density at radius 1 is 1.47 bits per heavy atom. The van der Waals surface area contributed by atoms with E-state index < -0.39 is 0 Å². The van der Waals surface area contributed by atoms with Crippen LogP contribution in [0.1, 0.15) is 39.5 Å². The van der Waals surface area contributed by atoms with Gasteiger partial charge in [0, 0.05) is 5.57 Å². The highest BCUT2D eigenvalue weighted by molar-refractivity contribution is 8.14. The van der Waals surface area contributed by atoms with Crippen LogP contribution >= 0.6 is 11.8 Å². The lowest BCUT2D eigenvalue weighted by atomic mass is 9.86. The Hall–Kier alpha value is -0.770. The molecule has 0 spiro atoms. The Balaban J connectivity index is 2.62. The SMILES string of the molecule is CCOC(=O)CC1CCCC=C1C(=O)SCC. The lowest BCUT2D eigenvalue weighted by Crippen LogP contribution is -2.19. The van der Waals surface area contributed by atoms with Crippen molar-refractivity contribution in [1.29, 1.82) is 0 Å². The van der Waals surface area contributed by atoms with E-state index in [1.165, 1.54) is 11.8 Å². The Morgan fingerprint density at radius 3 is 2.88 bits per heavy atom. The molecule has 0 aromatic carbocycles. The van der Waals surface area contributed by atoms with Crippen molar-refractivity contribution in [1.82, 2.24) is 0 Å². The van der Waals surface area contributed by atoms with Crippen LogP contribution < -0.4 is 0 Å². The van der Waals surface area contributed by atoms with Gasteiger partial charge in [0.15, 0.2) is 0 Å². The van der Waals surface area contributed by atoms with Gasteiger partial charge in [-0.05, 0) is 37.9 Å². The van der Waals surface area contributed by atoms with Crippen molar-refractivity contribution in [3.63, 3.8) is 0 Å². The van der Waals surface area contributed by atoms with Crippen molar-refractivity contribution in [3.8, 4) is 0 Å². The van der Waals surface area contributed by atoms with E-state index in [9.17, 15) is 9.59 Å². The van der Waals surface area contributed by atoms with E-state index in [2.05, 4.69) is 0 Å². The molecule has 0 amide bonds. The molecule has 0 aromatic heterocycles. The van der Waals surface area contributed by atoms with Crippen molar-refractivity contribution < 1.29 is 14.3 Å². The summed E-state index contributed by atoms with van der Waals surface area (Å²) in [7, 11) is 0. The van der Waals surface area contributed by atoms with Crippen molar-refractivity contribution in [2.45, 2.75) is 39.5 Å². The van der Waals surface area contributed by atoms with E-state index in [0.717, 1.165) is 30.6 Å². The molecule has 0 fully saturated rings. The zero-order chi connectivity index (χ0) is 12.7. The minimum atomic E-state index is -0.195. The van der Waals surface area contributed by atoms with Gasteiger partial charge < -0.3 is 4.74 Å². The standard InChI is InChI=1S/C13H20O3S/c1-3-16-12(14)9-10-7-5-6-8-11(10)13(15)17-4-2/h8,10H,3-7,9H2,1-2H3. The van der Waals surface area contributed by atoms with Gasteiger partial charge >= 0.3 is 5.97 Å². The molecule has 1 unspecified atom stereocenters. The minimum absolute atomic E-state index is 0.0642. The summed E-state index contributed by atoms with van der Waals surface area (Å²) in [5.41, 5.74) is 0.830. The highest BCUT2D eigenvalue weighted by Crippen LogP contribution is 2.31. The summed E-state index contributed by atoms with van der Waals surface area (Å²) in [6.45, 7) is 4.17. The number of carbonyl (C=O) groups excluding carboxylic acids is 2. The van der Waals surface area contributed by atoms with E-state index in [1.54, 1.807) is 6.92 Å². The predicted molar refractivity (Wildman–Crippen MR) is 69.8 cm³/mol. The van der Waals surface area contributed by atoms with Gasteiger partial charge in [0.05, 0.1) is 13.0 Å². The van der Waals surface area contributed by atoms with Crippen LogP contribution in [0.25, 0.3) is 0 Å². The normalized spacial score (nSPS) is 19.6. The van der Waals surface area contributed by atoms with Crippen LogP contribution in [0.2, 0.25) is 0 Å². The maximum absolute atomic E-state index is 11.9. The van der Waals surface area contributed by atoms with E-state index >= 15 is 0 Å². The quantitative estimate of drug-likeness (QED) is 0.709. The second-order valence-electron chi connectivity index (χ2n) is 4.02. The zero-order valence-corrected chi connectivity index (χ0v) is 11.3. The first-order chi connectivity index (χ1) is 8.19. The molecule has 17 heavy (non-hydrogen) atoms. The van der Waals surface area contributed by atoms with Crippen molar-refractivity contribution in [2.75, 3.05) is 12.4 Å². The highest BCUT2D eigenvalue weighted by atomic mass is 32.2. The number of rotatable bonds is 5. The molecule has 1 rings (SSSR count). The van der Waals surface area contributed by atoms with Crippen molar-refractivity contribution in [3.05, 3.63) is 11.6 Å². The predicted octanol–water partition coefficient (Wildman–Crippen LogP) is 2.95. The molecule has 0 bridgehead atoms. The van der Waals surface area contributed by atoms with Gasteiger partial charge in [0.25, 0.3) is 0 Å². The van der Waals surface area contributed by atoms with E-state index in [1.807, 2.05) is 13.0 Å². The second kappa shape index (κ2) is 7.54. The first-order valence-electron chi connectivity index (χ1n) is 6.21. The molecule has 0 saturated heterocycles. The van der Waals surface area contributed by atoms with Gasteiger partial charge in [-0.25, -0.2) is 0 Å². The topological polar surface area (TPSA) is 43.4 Å². The van der Waals surface area contributed by atoms with Gasteiger partial charge in [0.1, 0.15) is 0 Å². The first-order valence-corrected chi connectivity index (χ1v) is 7.20. The van der Waals surface area contributed by atoms with Crippen LogP contribution in [0, 0.1) is 5.92 Å². The van der Waals surface area contributed by atoms with Crippen molar-refractivity contribution >= 4 is 22.8 Å². The number of hydrogen-bond acceptors (Lipinski definition) is 4. The molecule has 0 heterocycles. The van der Waals surface area contributed by atoms with E-state index in [-0.39, 0.29) is 17.0 Å². The molecule has 0 aromatic rings. The Bertz CT molecular complexity index is 310. The molecule has 96 valence electrons. The molecule has 4 heteroatoms. The summed E-state index contributed by atoms with van der Waals surface area (Å²) < 4.78 is 4.95. The Morgan fingerprint density at radius 2 is 2.24 bits per heavy atom. The van der Waals surface area contributed by atoms with Crippen LogP contribution in [-0.4, -0.2) is 23.4 Å². The number of thioether (sulfide) groups is 1. The highest BCUT2D eigenvalue weighted by Gasteiger charge is 2.25. The monoisotopic (exact) mass is 256 g/mol. The minimum Gasteiger partial charge on any atom is -0.466 e. The van der Waals surface area contributed by atoms with E-state index in [0.29, 0.717) is 13.0 Å². The van der Waals surface area contributed by atoms with Gasteiger partial charge in [0.2, 0.25) is 5.12 Å². The smallest absolute Gasteiger partial charge is 0.306 e. The average Bonchev–Trinajstić information content (AvgIpc) is 2.30. The number of allylic oxidation sites excluding steroid dienone is 1. The summed E-state index contributed by atoms with van der Waals surface area (Å²) in [4.78, 5) is 23.4. The van der Waals surface area contributed by atoms with Crippen LogP contribution in [0.3, 0.4) is 0 Å². The third-order valence-electron chi connectivity index (χ3n) is 2.79. The molecule has 0 aliphatic heterocycles. The van der Waals surface area contributed by atoms with Gasteiger partial charge in [-0.1, -0.05) is 24.8 Å². The summed E-state index contributed by atoms with van der Waals surface area (Å²) >= 11 is 1.32. The lowest BCUT2D eigenvalue weighted by molar-refractivity contribution is -0.144. The number of esters is 1. The van der Waals surface area contributed by atoms with Crippen LogP contribution in [-0.2, 0) is 14.3 Å². The third-order valence-corrected chi connectivity index (χ3v) is 3.58. The molecule has 0 saturated carbocycles. The third kappa shape index (κ3) is 4.54. The molecular weight excluding hydrogens is 236 g/mol. The van der Waals surface area contributed by atoms with E-state index in [4.69, 9.17) is 4.74 Å². The summed E-state index contributed by atoms with van der Waals surface area (Å²) in [5, 5.41) is 0.126. The summed E-state index contributed by atoms with van der Waals surface area (Å²) in [6, 6.07) is 0. The number of carbonyl (C=O) groups is 2. The molecule has 0 radical (unpaired) electrons. The van der Waals surface area contributed by atoms with Gasteiger partial charge in [-0.3, -0.25) is 9.59 Å². The lowest BCUT2D eigenvalue weighted by Gasteiger charge is -2.22. The Kier molecular flexibility index (Phi) is 6.34. The number of ether oxygens (including phenoxy) is 1. The fraction of sp³-hybridized carbons (Fsp3) is 0.692. The largest absolute Gasteiger partial charge is 0.466 e. The maximum atomic E-state index is 11.9. The average molecular weight is 256 g/mol. The molecule has 1 aliphatic rings. The number of hydrogen-bond donors (Lipinski definition) is 0. The first kappa shape index (κ1) is 14.3. The summed E-state index contributed by atoms with van der Waals surface area (Å²) in [6.07, 6.45) is 5.26. The second-order valence-corrected chi connectivity index (χ2v) is 5.25. The van der Waals surface area contributed by atoms with Crippen LogP contribution in [0.4, 0.5) is 0 Å².